The molecule has 0 radical (unpaired) electrons. The van der Waals surface area contributed by atoms with Crippen LogP contribution < -0.4 is 5.56 Å². The number of esters is 1. The Morgan fingerprint density at radius 1 is 1.21 bits per heavy atom. The van der Waals surface area contributed by atoms with Crippen molar-refractivity contribution < 1.29 is 9.53 Å². The van der Waals surface area contributed by atoms with Gasteiger partial charge in [0, 0.05) is 10.4 Å². The molecule has 2 heterocycles. The number of rotatable bonds is 5. The van der Waals surface area contributed by atoms with Crippen molar-refractivity contribution in [3.05, 3.63) is 50.9 Å². The summed E-state index contributed by atoms with van der Waals surface area (Å²) in [7, 11) is 0. The third kappa shape index (κ3) is 3.61. The van der Waals surface area contributed by atoms with Crippen LogP contribution in [-0.4, -0.2) is 21.6 Å². The van der Waals surface area contributed by atoms with Crippen LogP contribution in [0.3, 0.4) is 0 Å². The van der Waals surface area contributed by atoms with Gasteiger partial charge in [-0.25, -0.2) is 9.78 Å². The Hall–Kier alpha value is -2.47. The number of fused-ring (bicyclic) bond motifs is 1. The van der Waals surface area contributed by atoms with Gasteiger partial charge in [0.05, 0.1) is 17.8 Å². The smallest absolute Gasteiger partial charge is 0.329 e. The van der Waals surface area contributed by atoms with Crippen molar-refractivity contribution in [3.63, 3.8) is 0 Å². The molecule has 0 aliphatic rings. The Bertz CT molecular complexity index is 1100. The topological polar surface area (TPSA) is 61.2 Å². The van der Waals surface area contributed by atoms with Gasteiger partial charge in [-0.3, -0.25) is 9.36 Å². The van der Waals surface area contributed by atoms with Crippen molar-refractivity contribution >= 4 is 27.5 Å². The Morgan fingerprint density at radius 2 is 1.93 bits per heavy atom. The summed E-state index contributed by atoms with van der Waals surface area (Å²) in [6.07, 6.45) is 2.00. The molecule has 28 heavy (non-hydrogen) atoms. The van der Waals surface area contributed by atoms with Crippen molar-refractivity contribution in [3.8, 4) is 11.1 Å². The second-order valence-electron chi connectivity index (χ2n) is 7.30. The maximum atomic E-state index is 13.3. The van der Waals surface area contributed by atoms with Crippen LogP contribution in [0.2, 0.25) is 0 Å². The molecule has 0 saturated carbocycles. The molecule has 0 aliphatic carbocycles. The zero-order chi connectivity index (χ0) is 20.6. The predicted octanol–water partition coefficient (Wildman–Crippen LogP) is 4.95. The Balaban J connectivity index is 2.14. The SMILES string of the molecule is CC[C@@H](C)OC(=O)[C@@H](C)n1cnc2sc(C)c(-c3ccc(C)c(C)c3)c2c1=O. The van der Waals surface area contributed by atoms with Crippen LogP contribution in [-0.2, 0) is 9.53 Å². The molecule has 0 spiro atoms. The zero-order valence-electron chi connectivity index (χ0n) is 17.2. The monoisotopic (exact) mass is 398 g/mol. The van der Waals surface area contributed by atoms with Crippen LogP contribution in [0.4, 0.5) is 0 Å². The normalized spacial score (nSPS) is 13.5. The molecule has 0 aliphatic heterocycles. The average Bonchev–Trinajstić information content (AvgIpc) is 3.00. The van der Waals surface area contributed by atoms with E-state index in [0.717, 1.165) is 22.4 Å². The Labute approximate surface area is 169 Å². The number of thiophene rings is 1. The average molecular weight is 399 g/mol. The third-order valence-electron chi connectivity index (χ3n) is 5.26. The molecule has 0 amide bonds. The fourth-order valence-corrected chi connectivity index (χ4v) is 4.13. The van der Waals surface area contributed by atoms with E-state index in [1.54, 1.807) is 6.92 Å². The van der Waals surface area contributed by atoms with Crippen LogP contribution in [0.15, 0.2) is 29.3 Å². The van der Waals surface area contributed by atoms with Gasteiger partial charge in [0.1, 0.15) is 10.9 Å². The summed E-state index contributed by atoms with van der Waals surface area (Å²) in [5.41, 5.74) is 4.07. The van der Waals surface area contributed by atoms with Crippen molar-refractivity contribution in [2.24, 2.45) is 0 Å². The Morgan fingerprint density at radius 3 is 2.57 bits per heavy atom. The van der Waals surface area contributed by atoms with Crippen LogP contribution in [0.5, 0.6) is 0 Å². The van der Waals surface area contributed by atoms with Crippen molar-refractivity contribution in [1.82, 2.24) is 9.55 Å². The van der Waals surface area contributed by atoms with E-state index in [1.165, 1.54) is 33.4 Å². The van der Waals surface area contributed by atoms with Crippen LogP contribution in [0, 0.1) is 20.8 Å². The molecule has 3 rings (SSSR count). The summed E-state index contributed by atoms with van der Waals surface area (Å²) in [5, 5.41) is 0.566. The van der Waals surface area contributed by atoms with Gasteiger partial charge in [0.25, 0.3) is 5.56 Å². The molecular formula is C22H26N2O3S. The van der Waals surface area contributed by atoms with E-state index in [-0.39, 0.29) is 11.7 Å². The molecule has 2 atom stereocenters. The van der Waals surface area contributed by atoms with Gasteiger partial charge in [0.15, 0.2) is 0 Å². The van der Waals surface area contributed by atoms with Gasteiger partial charge in [-0.1, -0.05) is 25.1 Å². The second-order valence-corrected chi connectivity index (χ2v) is 8.50. The molecule has 0 N–H and O–H groups in total. The standard InChI is InChI=1S/C22H26N2O3S/c1-7-14(4)27-22(26)15(5)24-11-23-20-19(21(24)25)18(16(6)28-20)17-9-8-12(2)13(3)10-17/h8-11,14-15H,7H2,1-6H3/t14-,15-/m1/s1. The van der Waals surface area contributed by atoms with Crippen molar-refractivity contribution in [1.29, 1.82) is 0 Å². The number of hydrogen-bond acceptors (Lipinski definition) is 5. The second kappa shape index (κ2) is 7.87. The number of hydrogen-bond donors (Lipinski definition) is 0. The fraction of sp³-hybridized carbons (Fsp3) is 0.409. The lowest BCUT2D eigenvalue weighted by Crippen LogP contribution is -2.31. The van der Waals surface area contributed by atoms with Gasteiger partial charge in [-0.2, -0.15) is 0 Å². The third-order valence-corrected chi connectivity index (χ3v) is 6.27. The number of ether oxygens (including phenoxy) is 1. The first-order valence-electron chi connectivity index (χ1n) is 9.52. The van der Waals surface area contributed by atoms with E-state index in [0.29, 0.717) is 10.2 Å². The molecular weight excluding hydrogens is 372 g/mol. The number of nitrogens with zero attached hydrogens (tertiary/aromatic N) is 2. The number of aromatic nitrogens is 2. The summed E-state index contributed by atoms with van der Waals surface area (Å²) < 4.78 is 6.79. The van der Waals surface area contributed by atoms with E-state index < -0.39 is 12.0 Å². The van der Waals surface area contributed by atoms with Gasteiger partial charge < -0.3 is 4.74 Å². The van der Waals surface area contributed by atoms with E-state index in [1.807, 2.05) is 26.8 Å². The summed E-state index contributed by atoms with van der Waals surface area (Å²) in [4.78, 5) is 31.9. The Kier molecular flexibility index (Phi) is 5.70. The van der Waals surface area contributed by atoms with Crippen molar-refractivity contribution in [2.45, 2.75) is 60.1 Å². The summed E-state index contributed by atoms with van der Waals surface area (Å²) in [6.45, 7) is 11.6. The minimum atomic E-state index is -0.730. The molecule has 0 bridgehead atoms. The predicted molar refractivity (Wildman–Crippen MR) is 114 cm³/mol. The molecule has 148 valence electrons. The maximum Gasteiger partial charge on any atom is 0.329 e. The number of carbonyl (C=O) groups excluding carboxylic acids is 1. The highest BCUT2D eigenvalue weighted by molar-refractivity contribution is 7.19. The first-order valence-corrected chi connectivity index (χ1v) is 10.3. The number of aryl methyl sites for hydroxylation is 3. The van der Waals surface area contributed by atoms with E-state index in [9.17, 15) is 9.59 Å². The fourth-order valence-electron chi connectivity index (χ4n) is 3.13. The molecule has 5 nitrogen and oxygen atoms in total. The molecule has 0 fully saturated rings. The summed E-state index contributed by atoms with van der Waals surface area (Å²) in [5.74, 6) is -0.419. The molecule has 6 heteroatoms. The van der Waals surface area contributed by atoms with Crippen molar-refractivity contribution in [2.75, 3.05) is 0 Å². The van der Waals surface area contributed by atoms with E-state index >= 15 is 0 Å². The van der Waals surface area contributed by atoms with Crippen LogP contribution in [0.25, 0.3) is 21.3 Å². The number of carbonyl (C=O) groups is 1. The van der Waals surface area contributed by atoms with Crippen LogP contribution in [0.1, 0.15) is 49.2 Å². The highest BCUT2D eigenvalue weighted by Crippen LogP contribution is 2.36. The minimum absolute atomic E-state index is 0.183. The van der Waals surface area contributed by atoms with E-state index in [4.69, 9.17) is 4.74 Å². The molecule has 0 unspecified atom stereocenters. The lowest BCUT2D eigenvalue weighted by Gasteiger charge is -2.17. The number of benzene rings is 1. The van der Waals surface area contributed by atoms with Gasteiger partial charge in [-0.15, -0.1) is 11.3 Å². The summed E-state index contributed by atoms with van der Waals surface area (Å²) in [6, 6.07) is 5.47. The molecule has 3 aromatic rings. The van der Waals surface area contributed by atoms with Gasteiger partial charge in [-0.05, 0) is 57.7 Å². The van der Waals surface area contributed by atoms with Crippen LogP contribution >= 0.6 is 11.3 Å². The highest BCUT2D eigenvalue weighted by Gasteiger charge is 2.23. The lowest BCUT2D eigenvalue weighted by atomic mass is 9.99. The lowest BCUT2D eigenvalue weighted by molar-refractivity contribution is -0.152. The van der Waals surface area contributed by atoms with E-state index in [2.05, 4.69) is 31.0 Å². The zero-order valence-corrected chi connectivity index (χ0v) is 18.0. The maximum absolute atomic E-state index is 13.3. The largest absolute Gasteiger partial charge is 0.461 e. The van der Waals surface area contributed by atoms with Gasteiger partial charge >= 0.3 is 5.97 Å². The molecule has 1 aromatic carbocycles. The first kappa shape index (κ1) is 20.3. The minimum Gasteiger partial charge on any atom is -0.461 e. The highest BCUT2D eigenvalue weighted by atomic mass is 32.1. The first-order chi connectivity index (χ1) is 13.2. The summed E-state index contributed by atoms with van der Waals surface area (Å²) >= 11 is 1.50. The van der Waals surface area contributed by atoms with Gasteiger partial charge in [0.2, 0.25) is 0 Å². The quantitative estimate of drug-likeness (QED) is 0.570. The molecule has 2 aromatic heterocycles. The molecule has 0 saturated heterocycles.